The van der Waals surface area contributed by atoms with Crippen molar-refractivity contribution in [2.24, 2.45) is 0 Å². The molecule has 1 fully saturated rings. The average molecular weight is 130 g/mol. The Morgan fingerprint density at radius 1 is 1.56 bits per heavy atom. The van der Waals surface area contributed by atoms with Crippen molar-refractivity contribution in [2.45, 2.75) is 32.5 Å². The third-order valence-electron chi connectivity index (χ3n) is 1.60. The first-order chi connectivity index (χ1) is 4.02. The van der Waals surface area contributed by atoms with E-state index in [-0.39, 0.29) is 6.10 Å². The van der Waals surface area contributed by atoms with Gasteiger partial charge in [0.2, 0.25) is 0 Å². The van der Waals surface area contributed by atoms with Crippen molar-refractivity contribution in [1.82, 2.24) is 0 Å². The number of cyclic esters (lactones) is 2. The Hall–Kier alpha value is -0.730. The summed E-state index contributed by atoms with van der Waals surface area (Å²) in [7, 11) is 0. The Kier molecular flexibility index (Phi) is 1.15. The maximum absolute atomic E-state index is 10.4. The molecule has 9 heavy (non-hydrogen) atoms. The van der Waals surface area contributed by atoms with Crippen molar-refractivity contribution in [3.8, 4) is 0 Å². The normalized spacial score (nSPS) is 31.4. The number of hydrogen-bond donors (Lipinski definition) is 0. The maximum Gasteiger partial charge on any atom is 0.509 e. The molecule has 1 aliphatic rings. The van der Waals surface area contributed by atoms with Crippen molar-refractivity contribution in [3.63, 3.8) is 0 Å². The van der Waals surface area contributed by atoms with Crippen LogP contribution in [-0.2, 0) is 9.47 Å². The van der Waals surface area contributed by atoms with Gasteiger partial charge < -0.3 is 9.47 Å². The predicted molar refractivity (Wildman–Crippen MR) is 31.1 cm³/mol. The first kappa shape index (κ1) is 6.39. The first-order valence-corrected chi connectivity index (χ1v) is 2.92. The van der Waals surface area contributed by atoms with E-state index in [0.717, 1.165) is 0 Å². The minimum atomic E-state index is -0.563. The van der Waals surface area contributed by atoms with Gasteiger partial charge in [0, 0.05) is 0 Å². The van der Waals surface area contributed by atoms with Gasteiger partial charge in [-0.15, -0.1) is 0 Å². The summed E-state index contributed by atoms with van der Waals surface area (Å²) in [4.78, 5) is 10.4. The summed E-state index contributed by atoms with van der Waals surface area (Å²) in [5.41, 5.74) is -0.447. The standard InChI is InChI=1S/C6H10O3/c1-4-6(2,3)9-5(7)8-4/h4H,1-3H3. The summed E-state index contributed by atoms with van der Waals surface area (Å²) in [6.07, 6.45) is -0.697. The molecule has 0 aromatic rings. The summed E-state index contributed by atoms with van der Waals surface area (Å²) in [6.45, 7) is 5.45. The largest absolute Gasteiger partial charge is 0.509 e. The zero-order valence-corrected chi connectivity index (χ0v) is 5.80. The Bertz CT molecular complexity index is 139. The second-order valence-electron chi connectivity index (χ2n) is 2.72. The number of rotatable bonds is 0. The molecule has 3 nitrogen and oxygen atoms in total. The Morgan fingerprint density at radius 3 is 2.22 bits per heavy atom. The van der Waals surface area contributed by atoms with Crippen LogP contribution in [0, 0.1) is 0 Å². The average Bonchev–Trinajstić information content (AvgIpc) is 1.79. The second kappa shape index (κ2) is 1.62. The highest BCUT2D eigenvalue weighted by Crippen LogP contribution is 2.25. The fraction of sp³-hybridized carbons (Fsp3) is 0.833. The van der Waals surface area contributed by atoms with E-state index in [2.05, 4.69) is 0 Å². The van der Waals surface area contributed by atoms with Gasteiger partial charge in [-0.25, -0.2) is 4.79 Å². The molecule has 1 atom stereocenters. The zero-order valence-electron chi connectivity index (χ0n) is 5.80. The van der Waals surface area contributed by atoms with Crippen molar-refractivity contribution in [3.05, 3.63) is 0 Å². The van der Waals surface area contributed by atoms with E-state index >= 15 is 0 Å². The summed E-state index contributed by atoms with van der Waals surface area (Å²) in [5, 5.41) is 0. The third-order valence-corrected chi connectivity index (χ3v) is 1.60. The first-order valence-electron chi connectivity index (χ1n) is 2.92. The topological polar surface area (TPSA) is 35.5 Å². The number of carbonyl (C=O) groups is 1. The van der Waals surface area contributed by atoms with E-state index in [1.54, 1.807) is 0 Å². The van der Waals surface area contributed by atoms with Gasteiger partial charge in [0.05, 0.1) is 0 Å². The van der Waals surface area contributed by atoms with E-state index in [1.165, 1.54) is 0 Å². The molecule has 1 rings (SSSR count). The molecule has 0 aliphatic carbocycles. The van der Waals surface area contributed by atoms with Crippen LogP contribution in [0.25, 0.3) is 0 Å². The molecule has 0 spiro atoms. The van der Waals surface area contributed by atoms with Gasteiger partial charge in [-0.3, -0.25) is 0 Å². The van der Waals surface area contributed by atoms with Gasteiger partial charge in [-0.05, 0) is 20.8 Å². The van der Waals surface area contributed by atoms with Crippen LogP contribution in [-0.4, -0.2) is 17.9 Å². The zero-order chi connectivity index (χ0) is 7.07. The Balaban J connectivity index is 2.69. The molecule has 0 bridgehead atoms. The van der Waals surface area contributed by atoms with Crippen molar-refractivity contribution >= 4 is 6.16 Å². The molecule has 3 heteroatoms. The SMILES string of the molecule is CC1OC(=O)OC1(C)C. The lowest BCUT2D eigenvalue weighted by Gasteiger charge is -2.16. The summed E-state index contributed by atoms with van der Waals surface area (Å²) in [6, 6.07) is 0. The van der Waals surface area contributed by atoms with Gasteiger partial charge in [0.25, 0.3) is 0 Å². The highest BCUT2D eigenvalue weighted by molar-refractivity contribution is 5.63. The lowest BCUT2D eigenvalue weighted by atomic mass is 10.0. The predicted octanol–water partition coefficient (Wildman–Crippen LogP) is 1.32. The lowest BCUT2D eigenvalue weighted by Crippen LogP contribution is -2.29. The molecule has 0 radical (unpaired) electrons. The van der Waals surface area contributed by atoms with Crippen LogP contribution in [0.4, 0.5) is 4.79 Å². The van der Waals surface area contributed by atoms with Gasteiger partial charge in [-0.1, -0.05) is 0 Å². The molecule has 0 saturated carbocycles. The molecular weight excluding hydrogens is 120 g/mol. The van der Waals surface area contributed by atoms with Gasteiger partial charge in [0.15, 0.2) is 0 Å². The summed E-state index contributed by atoms with van der Waals surface area (Å²) >= 11 is 0. The molecule has 1 aliphatic heterocycles. The maximum atomic E-state index is 10.4. The van der Waals surface area contributed by atoms with Crippen LogP contribution in [0.1, 0.15) is 20.8 Å². The van der Waals surface area contributed by atoms with E-state index in [4.69, 9.17) is 9.47 Å². The fourth-order valence-electron chi connectivity index (χ4n) is 0.608. The molecule has 1 saturated heterocycles. The van der Waals surface area contributed by atoms with Gasteiger partial charge in [0.1, 0.15) is 11.7 Å². The minimum absolute atomic E-state index is 0.134. The molecule has 1 heterocycles. The Labute approximate surface area is 53.9 Å². The molecule has 0 aromatic heterocycles. The van der Waals surface area contributed by atoms with Crippen LogP contribution >= 0.6 is 0 Å². The fourth-order valence-corrected chi connectivity index (χ4v) is 0.608. The lowest BCUT2D eigenvalue weighted by molar-refractivity contribution is 0.0703. The quantitative estimate of drug-likeness (QED) is 0.464. The molecule has 0 N–H and O–H groups in total. The van der Waals surface area contributed by atoms with Crippen LogP contribution in [0.15, 0.2) is 0 Å². The molecule has 0 aromatic carbocycles. The van der Waals surface area contributed by atoms with Gasteiger partial charge >= 0.3 is 6.16 Å². The van der Waals surface area contributed by atoms with Gasteiger partial charge in [-0.2, -0.15) is 0 Å². The van der Waals surface area contributed by atoms with Crippen LogP contribution in [0.5, 0.6) is 0 Å². The van der Waals surface area contributed by atoms with E-state index in [1.807, 2.05) is 20.8 Å². The van der Waals surface area contributed by atoms with Crippen LogP contribution in [0.3, 0.4) is 0 Å². The number of ether oxygens (including phenoxy) is 2. The minimum Gasteiger partial charge on any atom is -0.427 e. The molecule has 1 unspecified atom stereocenters. The van der Waals surface area contributed by atoms with Crippen LogP contribution < -0.4 is 0 Å². The summed E-state index contributed by atoms with van der Waals surface area (Å²) in [5.74, 6) is 0. The van der Waals surface area contributed by atoms with E-state index < -0.39 is 11.8 Å². The highest BCUT2D eigenvalue weighted by atomic mass is 16.8. The third kappa shape index (κ3) is 0.992. The van der Waals surface area contributed by atoms with E-state index in [0.29, 0.717) is 0 Å². The van der Waals surface area contributed by atoms with Crippen LogP contribution in [0.2, 0.25) is 0 Å². The molecule has 52 valence electrons. The van der Waals surface area contributed by atoms with Crippen molar-refractivity contribution in [1.29, 1.82) is 0 Å². The highest BCUT2D eigenvalue weighted by Gasteiger charge is 2.40. The monoisotopic (exact) mass is 130 g/mol. The number of carbonyl (C=O) groups excluding carboxylic acids is 1. The van der Waals surface area contributed by atoms with E-state index in [9.17, 15) is 4.79 Å². The number of hydrogen-bond acceptors (Lipinski definition) is 3. The molecule has 0 amide bonds. The second-order valence-corrected chi connectivity index (χ2v) is 2.72. The smallest absolute Gasteiger partial charge is 0.427 e. The molecular formula is C6H10O3. The summed E-state index contributed by atoms with van der Waals surface area (Å²) < 4.78 is 9.52. The Morgan fingerprint density at radius 2 is 2.11 bits per heavy atom. The van der Waals surface area contributed by atoms with Crippen molar-refractivity contribution < 1.29 is 14.3 Å². The van der Waals surface area contributed by atoms with Crippen molar-refractivity contribution in [2.75, 3.05) is 0 Å².